The quantitative estimate of drug-likeness (QED) is 0.533. The molecule has 33 heavy (non-hydrogen) atoms. The van der Waals surface area contributed by atoms with Gasteiger partial charge >= 0.3 is 6.18 Å². The number of alkyl halides is 3. The molecule has 1 N–H and O–H groups in total. The molecule has 0 saturated carbocycles. The van der Waals surface area contributed by atoms with E-state index in [0.29, 0.717) is 6.07 Å². The van der Waals surface area contributed by atoms with E-state index in [1.807, 2.05) is 0 Å². The third-order valence-corrected chi connectivity index (χ3v) is 8.62. The van der Waals surface area contributed by atoms with Gasteiger partial charge in [-0.05, 0) is 46.7 Å². The second-order valence-corrected chi connectivity index (χ2v) is 10.6. The predicted octanol–water partition coefficient (Wildman–Crippen LogP) is 4.34. The standard InChI is InChI=1S/C22H18F4N2O3S2/c23-17-8-7-15(18(11-17)22(24,25)26)12-27-21(29)19-10-14-4-1-2-5-16(14)13-28(19)33(30,31)20-6-3-9-32-20/h1-9,11,19H,10,12-13H2,(H,27,29)/t19-/m0/s1. The topological polar surface area (TPSA) is 66.5 Å². The van der Waals surface area contributed by atoms with Gasteiger partial charge < -0.3 is 5.32 Å². The van der Waals surface area contributed by atoms with Gasteiger partial charge in [-0.2, -0.15) is 17.5 Å². The van der Waals surface area contributed by atoms with Gasteiger partial charge in [-0.1, -0.05) is 36.4 Å². The normalized spacial score (nSPS) is 16.9. The Hall–Kier alpha value is -2.76. The summed E-state index contributed by atoms with van der Waals surface area (Å²) in [4.78, 5) is 13.1. The van der Waals surface area contributed by atoms with Gasteiger partial charge in [-0.15, -0.1) is 11.3 Å². The molecule has 3 aromatic rings. The number of hydrogen-bond donors (Lipinski definition) is 1. The fraction of sp³-hybridized carbons (Fsp3) is 0.227. The van der Waals surface area contributed by atoms with Gasteiger partial charge in [-0.25, -0.2) is 12.8 Å². The van der Waals surface area contributed by atoms with Crippen LogP contribution in [0.4, 0.5) is 17.6 Å². The number of nitrogens with zero attached hydrogens (tertiary/aromatic N) is 1. The molecule has 174 valence electrons. The molecule has 0 unspecified atom stereocenters. The molecule has 1 amide bonds. The lowest BCUT2D eigenvalue weighted by molar-refractivity contribution is -0.138. The Labute approximate surface area is 191 Å². The summed E-state index contributed by atoms with van der Waals surface area (Å²) in [6.07, 6.45) is -4.73. The average Bonchev–Trinajstić information content (AvgIpc) is 3.32. The third-order valence-electron chi connectivity index (χ3n) is 5.40. The minimum Gasteiger partial charge on any atom is -0.351 e. The first-order valence-corrected chi connectivity index (χ1v) is 12.1. The van der Waals surface area contributed by atoms with Gasteiger partial charge in [0.15, 0.2) is 0 Å². The van der Waals surface area contributed by atoms with Crippen LogP contribution in [0.3, 0.4) is 0 Å². The SMILES string of the molecule is O=C(NCc1ccc(F)cc1C(F)(F)F)[C@@H]1Cc2ccccc2CN1S(=O)(=O)c1cccs1. The molecule has 1 aliphatic heterocycles. The number of benzene rings is 2. The first-order valence-electron chi connectivity index (χ1n) is 9.83. The zero-order valence-corrected chi connectivity index (χ0v) is 18.6. The Balaban J connectivity index is 1.63. The number of rotatable bonds is 5. The molecule has 2 aromatic carbocycles. The smallest absolute Gasteiger partial charge is 0.351 e. The van der Waals surface area contributed by atoms with Crippen molar-refractivity contribution >= 4 is 27.3 Å². The highest BCUT2D eigenvalue weighted by Gasteiger charge is 2.40. The minimum atomic E-state index is -4.81. The largest absolute Gasteiger partial charge is 0.416 e. The summed E-state index contributed by atoms with van der Waals surface area (Å²) in [5.74, 6) is -1.78. The van der Waals surface area contributed by atoms with Gasteiger partial charge in [0.1, 0.15) is 16.1 Å². The monoisotopic (exact) mass is 498 g/mol. The maximum Gasteiger partial charge on any atom is 0.416 e. The van der Waals surface area contributed by atoms with E-state index in [1.165, 1.54) is 6.07 Å². The lowest BCUT2D eigenvalue weighted by atomic mass is 9.95. The maximum atomic E-state index is 13.4. The van der Waals surface area contributed by atoms with Crippen molar-refractivity contribution in [2.24, 2.45) is 0 Å². The van der Waals surface area contributed by atoms with E-state index in [0.717, 1.165) is 38.9 Å². The van der Waals surface area contributed by atoms with Crippen LogP contribution in [0.2, 0.25) is 0 Å². The highest BCUT2D eigenvalue weighted by molar-refractivity contribution is 7.91. The van der Waals surface area contributed by atoms with Crippen molar-refractivity contribution < 1.29 is 30.8 Å². The molecule has 0 spiro atoms. The zero-order valence-electron chi connectivity index (χ0n) is 17.0. The first kappa shape index (κ1) is 23.4. The molecule has 0 radical (unpaired) electrons. The summed E-state index contributed by atoms with van der Waals surface area (Å²) in [7, 11) is -4.01. The molecule has 0 fully saturated rings. The van der Waals surface area contributed by atoms with Crippen LogP contribution in [0.1, 0.15) is 22.3 Å². The Morgan fingerprint density at radius 3 is 2.48 bits per heavy atom. The number of nitrogens with one attached hydrogen (secondary N) is 1. The van der Waals surface area contributed by atoms with Gasteiger partial charge in [0.2, 0.25) is 5.91 Å². The van der Waals surface area contributed by atoms with E-state index in [4.69, 9.17) is 0 Å². The van der Waals surface area contributed by atoms with Gasteiger partial charge in [0, 0.05) is 13.1 Å². The summed E-state index contributed by atoms with van der Waals surface area (Å²) in [6.45, 7) is -0.572. The van der Waals surface area contributed by atoms with Crippen molar-refractivity contribution in [3.05, 3.63) is 88.0 Å². The molecule has 2 heterocycles. The number of amides is 1. The molecule has 0 bridgehead atoms. The number of fused-ring (bicyclic) bond motifs is 1. The Bertz CT molecular complexity index is 1280. The summed E-state index contributed by atoms with van der Waals surface area (Å²) in [5, 5.41) is 4.02. The van der Waals surface area contributed by atoms with E-state index >= 15 is 0 Å². The third kappa shape index (κ3) is 4.80. The zero-order chi connectivity index (χ0) is 23.8. The predicted molar refractivity (Wildman–Crippen MR) is 114 cm³/mol. The molecular formula is C22H18F4N2O3S2. The van der Waals surface area contributed by atoms with Crippen LogP contribution >= 0.6 is 11.3 Å². The van der Waals surface area contributed by atoms with Crippen LogP contribution in [-0.4, -0.2) is 24.7 Å². The van der Waals surface area contributed by atoms with Crippen LogP contribution in [-0.2, 0) is 40.5 Å². The van der Waals surface area contributed by atoms with Crippen LogP contribution in [0.15, 0.2) is 64.2 Å². The average molecular weight is 499 g/mol. The van der Waals surface area contributed by atoms with E-state index in [2.05, 4.69) is 5.32 Å². The number of sulfonamides is 1. The van der Waals surface area contributed by atoms with Crippen LogP contribution in [0.5, 0.6) is 0 Å². The molecule has 11 heteroatoms. The fourth-order valence-electron chi connectivity index (χ4n) is 3.77. The first-order chi connectivity index (χ1) is 15.6. The highest BCUT2D eigenvalue weighted by atomic mass is 32.2. The van der Waals surface area contributed by atoms with Gasteiger partial charge in [-0.3, -0.25) is 4.79 Å². The van der Waals surface area contributed by atoms with E-state index in [-0.39, 0.29) is 22.7 Å². The van der Waals surface area contributed by atoms with Crippen LogP contribution in [0, 0.1) is 5.82 Å². The molecule has 1 aromatic heterocycles. The van der Waals surface area contributed by atoms with Crippen molar-refractivity contribution in [3.8, 4) is 0 Å². The molecule has 0 aliphatic carbocycles. The maximum absolute atomic E-state index is 13.4. The molecule has 0 saturated heterocycles. The van der Waals surface area contributed by atoms with Crippen molar-refractivity contribution in [3.63, 3.8) is 0 Å². The molecule has 5 nitrogen and oxygen atoms in total. The number of thiophene rings is 1. The summed E-state index contributed by atoms with van der Waals surface area (Å²) < 4.78 is 80.8. The van der Waals surface area contributed by atoms with Crippen molar-refractivity contribution in [1.29, 1.82) is 0 Å². The Morgan fingerprint density at radius 1 is 1.09 bits per heavy atom. The second-order valence-electron chi connectivity index (χ2n) is 7.49. The molecule has 1 aliphatic rings. The van der Waals surface area contributed by atoms with E-state index < -0.39 is 46.1 Å². The second kappa shape index (κ2) is 8.88. The highest BCUT2D eigenvalue weighted by Crippen LogP contribution is 2.33. The van der Waals surface area contributed by atoms with E-state index in [1.54, 1.807) is 35.7 Å². The fourth-order valence-corrected chi connectivity index (χ4v) is 6.45. The summed E-state index contributed by atoms with van der Waals surface area (Å²) >= 11 is 1.01. The van der Waals surface area contributed by atoms with Crippen molar-refractivity contribution in [2.45, 2.75) is 35.9 Å². The number of hydrogen-bond acceptors (Lipinski definition) is 4. The Morgan fingerprint density at radius 2 is 1.82 bits per heavy atom. The Kier molecular flexibility index (Phi) is 6.30. The van der Waals surface area contributed by atoms with Crippen LogP contribution < -0.4 is 5.32 Å². The van der Waals surface area contributed by atoms with Crippen LogP contribution in [0.25, 0.3) is 0 Å². The summed E-state index contributed by atoms with van der Waals surface area (Å²) in [5.41, 5.74) is 0.0218. The van der Waals surface area contributed by atoms with Crippen molar-refractivity contribution in [1.82, 2.24) is 9.62 Å². The number of carbonyl (C=O) groups is 1. The number of carbonyl (C=O) groups excluding carboxylic acids is 1. The van der Waals surface area contributed by atoms with Gasteiger partial charge in [0.25, 0.3) is 10.0 Å². The number of halogens is 4. The summed E-state index contributed by atoms with van der Waals surface area (Å²) in [6, 6.07) is 11.2. The van der Waals surface area contributed by atoms with Gasteiger partial charge in [0.05, 0.1) is 5.56 Å². The lowest BCUT2D eigenvalue weighted by Gasteiger charge is -2.34. The lowest BCUT2D eigenvalue weighted by Crippen LogP contribution is -2.52. The van der Waals surface area contributed by atoms with Crippen molar-refractivity contribution in [2.75, 3.05) is 0 Å². The van der Waals surface area contributed by atoms with E-state index in [9.17, 15) is 30.8 Å². The minimum absolute atomic E-state index is 0.0428. The molecular weight excluding hydrogens is 480 g/mol. The molecule has 1 atom stereocenters. The molecule has 4 rings (SSSR count).